The van der Waals surface area contributed by atoms with Crippen molar-refractivity contribution in [3.8, 4) is 0 Å². The number of nitrogens with one attached hydrogen (secondary N) is 1. The number of carbonyl (C=O) groups is 1. The molecule has 7 heteroatoms. The lowest BCUT2D eigenvalue weighted by Gasteiger charge is -1.97. The van der Waals surface area contributed by atoms with E-state index < -0.39 is 4.92 Å². The van der Waals surface area contributed by atoms with E-state index in [9.17, 15) is 14.9 Å². The molecule has 0 aliphatic heterocycles. The molecule has 2 rings (SSSR count). The molecule has 1 amide bonds. The Labute approximate surface area is 119 Å². The molecule has 2 aromatic rings. The summed E-state index contributed by atoms with van der Waals surface area (Å²) in [6, 6.07) is 11.4. The van der Waals surface area contributed by atoms with Crippen LogP contribution in [0, 0.1) is 10.1 Å². The van der Waals surface area contributed by atoms with E-state index >= 15 is 0 Å². The van der Waals surface area contributed by atoms with Crippen LogP contribution < -0.4 is 5.43 Å². The van der Waals surface area contributed by atoms with Crippen molar-refractivity contribution in [2.75, 3.05) is 0 Å². The van der Waals surface area contributed by atoms with Crippen molar-refractivity contribution in [2.45, 2.75) is 0 Å². The number of nitro groups is 1. The molecule has 7 nitrogen and oxygen atoms in total. The fraction of sp³-hybridized carbons (Fsp3) is 0. The number of hydrogen-bond donors (Lipinski definition) is 1. The number of furan rings is 1. The third-order valence-corrected chi connectivity index (χ3v) is 2.42. The average Bonchev–Trinajstić information content (AvgIpc) is 2.97. The van der Waals surface area contributed by atoms with Gasteiger partial charge in [-0.1, -0.05) is 18.2 Å². The van der Waals surface area contributed by atoms with Gasteiger partial charge in [0.05, 0.1) is 6.07 Å². The maximum atomic E-state index is 11.6. The van der Waals surface area contributed by atoms with Crippen LogP contribution in [0.3, 0.4) is 0 Å². The first kappa shape index (κ1) is 14.2. The van der Waals surface area contributed by atoms with Gasteiger partial charge < -0.3 is 4.42 Å². The molecule has 0 aliphatic rings. The third kappa shape index (κ3) is 4.13. The Kier molecular flexibility index (Phi) is 4.60. The molecular formula is C14H11N3O4. The summed E-state index contributed by atoms with van der Waals surface area (Å²) in [6.07, 6.45) is 4.33. The van der Waals surface area contributed by atoms with Gasteiger partial charge in [0.2, 0.25) is 0 Å². The van der Waals surface area contributed by atoms with Gasteiger partial charge in [-0.05, 0) is 30.4 Å². The topological polar surface area (TPSA) is 97.7 Å². The SMILES string of the molecule is O=C(N/N=C/C=C/c1ccc([N+](=O)[O-])o1)c1ccccc1. The lowest BCUT2D eigenvalue weighted by atomic mass is 10.2. The molecule has 0 unspecified atom stereocenters. The molecule has 1 heterocycles. The van der Waals surface area contributed by atoms with Crippen LogP contribution in [0.15, 0.2) is 58.1 Å². The molecule has 0 bridgehead atoms. The van der Waals surface area contributed by atoms with Crippen molar-refractivity contribution >= 4 is 24.1 Å². The van der Waals surface area contributed by atoms with Gasteiger partial charge in [-0.25, -0.2) is 5.43 Å². The molecule has 1 N–H and O–H groups in total. The Morgan fingerprint density at radius 1 is 1.24 bits per heavy atom. The van der Waals surface area contributed by atoms with Crippen molar-refractivity contribution in [2.24, 2.45) is 5.10 Å². The number of hydrazone groups is 1. The molecule has 0 fully saturated rings. The fourth-order valence-electron chi connectivity index (χ4n) is 1.46. The minimum absolute atomic E-state index is 0.322. The molecule has 106 valence electrons. The molecule has 1 aromatic heterocycles. The quantitative estimate of drug-likeness (QED) is 0.518. The van der Waals surface area contributed by atoms with E-state index in [1.165, 1.54) is 30.5 Å². The molecule has 0 radical (unpaired) electrons. The van der Waals surface area contributed by atoms with Crippen LogP contribution in [0.1, 0.15) is 16.1 Å². The van der Waals surface area contributed by atoms with Crippen LogP contribution >= 0.6 is 0 Å². The first-order chi connectivity index (χ1) is 10.2. The second-order valence-electron chi connectivity index (χ2n) is 3.88. The zero-order valence-corrected chi connectivity index (χ0v) is 10.8. The Bertz CT molecular complexity index is 689. The zero-order chi connectivity index (χ0) is 15.1. The predicted octanol–water partition coefficient (Wildman–Crippen LogP) is 2.62. The Morgan fingerprint density at radius 2 is 2.00 bits per heavy atom. The van der Waals surface area contributed by atoms with Gasteiger partial charge in [0, 0.05) is 11.8 Å². The largest absolute Gasteiger partial charge is 0.433 e. The van der Waals surface area contributed by atoms with Crippen molar-refractivity contribution < 1.29 is 14.1 Å². The predicted molar refractivity (Wildman–Crippen MR) is 76.8 cm³/mol. The third-order valence-electron chi connectivity index (χ3n) is 2.42. The summed E-state index contributed by atoms with van der Waals surface area (Å²) in [5.41, 5.74) is 2.85. The number of hydrogen-bond acceptors (Lipinski definition) is 5. The highest BCUT2D eigenvalue weighted by Gasteiger charge is 2.09. The molecule has 0 spiro atoms. The van der Waals surface area contributed by atoms with Gasteiger partial charge >= 0.3 is 5.88 Å². The number of carbonyl (C=O) groups excluding carboxylic acids is 1. The summed E-state index contributed by atoms with van der Waals surface area (Å²) in [5.74, 6) is -0.333. The van der Waals surface area contributed by atoms with Crippen LogP contribution in [0.5, 0.6) is 0 Å². The number of nitrogens with zero attached hydrogens (tertiary/aromatic N) is 2. The summed E-state index contributed by atoms with van der Waals surface area (Å²) in [6.45, 7) is 0. The number of rotatable bonds is 5. The minimum Gasteiger partial charge on any atom is -0.401 e. The van der Waals surface area contributed by atoms with E-state index in [1.807, 2.05) is 6.07 Å². The number of benzene rings is 1. The average molecular weight is 285 g/mol. The van der Waals surface area contributed by atoms with Gasteiger partial charge in [-0.2, -0.15) is 5.10 Å². The van der Waals surface area contributed by atoms with Gasteiger partial charge in [0.1, 0.15) is 10.7 Å². The maximum Gasteiger partial charge on any atom is 0.433 e. The second kappa shape index (κ2) is 6.80. The molecule has 1 aromatic carbocycles. The van der Waals surface area contributed by atoms with E-state index in [1.54, 1.807) is 24.3 Å². The lowest BCUT2D eigenvalue weighted by Crippen LogP contribution is -2.16. The van der Waals surface area contributed by atoms with E-state index in [0.717, 1.165) is 0 Å². The highest BCUT2D eigenvalue weighted by molar-refractivity contribution is 5.94. The smallest absolute Gasteiger partial charge is 0.401 e. The molecule has 0 saturated heterocycles. The molecule has 0 saturated carbocycles. The van der Waals surface area contributed by atoms with Gasteiger partial charge in [-0.15, -0.1) is 0 Å². The first-order valence-electron chi connectivity index (χ1n) is 5.96. The Morgan fingerprint density at radius 3 is 2.67 bits per heavy atom. The van der Waals surface area contributed by atoms with E-state index in [0.29, 0.717) is 11.3 Å². The Hall–Kier alpha value is -3.22. The summed E-state index contributed by atoms with van der Waals surface area (Å²) in [5, 5.41) is 14.1. The Balaban J connectivity index is 1.86. The van der Waals surface area contributed by atoms with Crippen LogP contribution in [-0.4, -0.2) is 17.0 Å². The first-order valence-corrected chi connectivity index (χ1v) is 5.96. The van der Waals surface area contributed by atoms with E-state index in [-0.39, 0.29) is 11.8 Å². The monoisotopic (exact) mass is 285 g/mol. The number of amides is 1. The molecule has 0 aliphatic carbocycles. The highest BCUT2D eigenvalue weighted by atomic mass is 16.6. The van der Waals surface area contributed by atoms with Crippen molar-refractivity contribution in [3.05, 3.63) is 70.0 Å². The zero-order valence-electron chi connectivity index (χ0n) is 10.8. The van der Waals surface area contributed by atoms with Crippen molar-refractivity contribution in [1.82, 2.24) is 5.43 Å². The van der Waals surface area contributed by atoms with Crippen LogP contribution in [-0.2, 0) is 0 Å². The summed E-state index contributed by atoms with van der Waals surface area (Å²) in [7, 11) is 0. The van der Waals surface area contributed by atoms with Crippen LogP contribution in [0.4, 0.5) is 5.88 Å². The normalized spacial score (nSPS) is 11.0. The van der Waals surface area contributed by atoms with E-state index in [2.05, 4.69) is 10.5 Å². The van der Waals surface area contributed by atoms with Crippen LogP contribution in [0.25, 0.3) is 6.08 Å². The van der Waals surface area contributed by atoms with Gasteiger partial charge in [0.25, 0.3) is 5.91 Å². The van der Waals surface area contributed by atoms with Crippen LogP contribution in [0.2, 0.25) is 0 Å². The van der Waals surface area contributed by atoms with Crippen molar-refractivity contribution in [3.63, 3.8) is 0 Å². The maximum absolute atomic E-state index is 11.6. The lowest BCUT2D eigenvalue weighted by molar-refractivity contribution is -0.402. The number of allylic oxidation sites excluding steroid dienone is 1. The fourth-order valence-corrected chi connectivity index (χ4v) is 1.46. The van der Waals surface area contributed by atoms with E-state index in [4.69, 9.17) is 4.42 Å². The standard InChI is InChI=1S/C14H11N3O4/c18-14(11-5-2-1-3-6-11)16-15-10-4-7-12-8-9-13(21-12)17(19)20/h1-10H,(H,16,18)/b7-4+,15-10+. The summed E-state index contributed by atoms with van der Waals surface area (Å²) < 4.78 is 4.91. The molecule has 21 heavy (non-hydrogen) atoms. The van der Waals surface area contributed by atoms with Crippen molar-refractivity contribution in [1.29, 1.82) is 0 Å². The summed E-state index contributed by atoms with van der Waals surface area (Å²) in [4.78, 5) is 21.4. The van der Waals surface area contributed by atoms with Gasteiger partial charge in [-0.3, -0.25) is 14.9 Å². The second-order valence-corrected chi connectivity index (χ2v) is 3.88. The van der Waals surface area contributed by atoms with Gasteiger partial charge in [0.15, 0.2) is 0 Å². The molecular weight excluding hydrogens is 274 g/mol. The highest BCUT2D eigenvalue weighted by Crippen LogP contribution is 2.16. The summed E-state index contributed by atoms with van der Waals surface area (Å²) >= 11 is 0. The molecule has 0 atom stereocenters. The minimum atomic E-state index is -0.620.